The Kier molecular flexibility index (Phi) is 6.16. The van der Waals surface area contributed by atoms with Crippen molar-refractivity contribution in [1.82, 2.24) is 4.90 Å². The molecular formula is C18H18ClN3O. The third-order valence-corrected chi connectivity index (χ3v) is 3.51. The van der Waals surface area contributed by atoms with Gasteiger partial charge in [-0.05, 0) is 42.4 Å². The van der Waals surface area contributed by atoms with Gasteiger partial charge in [0.25, 0.3) is 0 Å². The van der Waals surface area contributed by atoms with Gasteiger partial charge in [0, 0.05) is 17.3 Å². The highest BCUT2D eigenvalue weighted by molar-refractivity contribution is 6.30. The van der Waals surface area contributed by atoms with Crippen LogP contribution < -0.4 is 5.32 Å². The Hall–Kier alpha value is -2.35. The lowest BCUT2D eigenvalue weighted by molar-refractivity contribution is -0.117. The maximum Gasteiger partial charge on any atom is 0.238 e. The molecule has 0 atom stereocenters. The predicted octanol–water partition coefficient (Wildman–Crippen LogP) is 3.48. The zero-order valence-electron chi connectivity index (χ0n) is 12.9. The summed E-state index contributed by atoms with van der Waals surface area (Å²) >= 11 is 5.96. The molecule has 0 saturated heterocycles. The highest BCUT2D eigenvalue weighted by Crippen LogP contribution is 2.13. The van der Waals surface area contributed by atoms with E-state index in [2.05, 4.69) is 11.4 Å². The van der Waals surface area contributed by atoms with Crippen molar-refractivity contribution in [2.45, 2.75) is 13.0 Å². The molecule has 0 heterocycles. The van der Waals surface area contributed by atoms with E-state index in [0.717, 1.165) is 16.8 Å². The van der Waals surface area contributed by atoms with Gasteiger partial charge in [-0.3, -0.25) is 9.69 Å². The molecule has 0 aromatic heterocycles. The molecule has 0 bridgehead atoms. The van der Waals surface area contributed by atoms with Gasteiger partial charge >= 0.3 is 0 Å². The van der Waals surface area contributed by atoms with Crippen LogP contribution >= 0.6 is 11.6 Å². The Morgan fingerprint density at radius 2 is 1.96 bits per heavy atom. The number of rotatable bonds is 6. The smallest absolute Gasteiger partial charge is 0.238 e. The van der Waals surface area contributed by atoms with E-state index < -0.39 is 0 Å². The molecular weight excluding hydrogens is 310 g/mol. The number of hydrogen-bond donors (Lipinski definition) is 1. The molecule has 2 rings (SSSR count). The molecule has 0 radical (unpaired) electrons. The largest absolute Gasteiger partial charge is 0.325 e. The minimum Gasteiger partial charge on any atom is -0.325 e. The molecule has 118 valence electrons. The number of hydrogen-bond acceptors (Lipinski definition) is 3. The molecule has 0 unspecified atom stereocenters. The molecule has 2 aromatic rings. The van der Waals surface area contributed by atoms with Gasteiger partial charge in [-0.15, -0.1) is 0 Å². The fourth-order valence-electron chi connectivity index (χ4n) is 2.25. The molecule has 1 N–H and O–H groups in total. The summed E-state index contributed by atoms with van der Waals surface area (Å²) in [5.41, 5.74) is 2.73. The van der Waals surface area contributed by atoms with Crippen LogP contribution in [-0.2, 0) is 17.8 Å². The number of carbonyl (C=O) groups is 1. The van der Waals surface area contributed by atoms with Gasteiger partial charge in [0.15, 0.2) is 0 Å². The third kappa shape index (κ3) is 5.74. The van der Waals surface area contributed by atoms with Crippen molar-refractivity contribution in [2.75, 3.05) is 18.9 Å². The minimum atomic E-state index is -0.0810. The molecule has 5 heteroatoms. The van der Waals surface area contributed by atoms with Gasteiger partial charge < -0.3 is 5.32 Å². The van der Waals surface area contributed by atoms with Crippen molar-refractivity contribution in [3.05, 3.63) is 64.7 Å². The zero-order chi connectivity index (χ0) is 16.7. The molecule has 0 fully saturated rings. The van der Waals surface area contributed by atoms with Crippen LogP contribution in [0, 0.1) is 11.3 Å². The number of benzene rings is 2. The first-order valence-corrected chi connectivity index (χ1v) is 7.63. The number of anilines is 1. The molecule has 0 aliphatic rings. The number of nitrogens with zero attached hydrogens (tertiary/aromatic N) is 2. The summed E-state index contributed by atoms with van der Waals surface area (Å²) < 4.78 is 0. The van der Waals surface area contributed by atoms with Crippen molar-refractivity contribution >= 4 is 23.2 Å². The molecule has 0 aliphatic carbocycles. The average Bonchev–Trinajstić information content (AvgIpc) is 2.49. The van der Waals surface area contributed by atoms with Crippen LogP contribution in [0.2, 0.25) is 5.02 Å². The summed E-state index contributed by atoms with van der Waals surface area (Å²) in [5.74, 6) is -0.0810. The van der Waals surface area contributed by atoms with Crippen molar-refractivity contribution < 1.29 is 4.79 Å². The summed E-state index contributed by atoms with van der Waals surface area (Å²) in [5, 5.41) is 12.2. The monoisotopic (exact) mass is 327 g/mol. The van der Waals surface area contributed by atoms with E-state index in [1.165, 1.54) is 0 Å². The van der Waals surface area contributed by atoms with E-state index in [4.69, 9.17) is 16.9 Å². The maximum absolute atomic E-state index is 12.1. The molecule has 0 spiro atoms. The fourth-order valence-corrected chi connectivity index (χ4v) is 2.46. The first-order valence-electron chi connectivity index (χ1n) is 7.25. The van der Waals surface area contributed by atoms with E-state index in [-0.39, 0.29) is 12.5 Å². The number of amides is 1. The van der Waals surface area contributed by atoms with Gasteiger partial charge in [0.2, 0.25) is 5.91 Å². The minimum absolute atomic E-state index is 0.0810. The second-order valence-electron chi connectivity index (χ2n) is 5.38. The molecule has 1 amide bonds. The van der Waals surface area contributed by atoms with Gasteiger partial charge in [0.1, 0.15) is 0 Å². The summed E-state index contributed by atoms with van der Waals surface area (Å²) in [4.78, 5) is 14.0. The van der Waals surface area contributed by atoms with Crippen molar-refractivity contribution in [1.29, 1.82) is 5.26 Å². The predicted molar refractivity (Wildman–Crippen MR) is 92.2 cm³/mol. The standard InChI is InChI=1S/C18H18ClN3O/c1-22(12-15-3-2-4-16(19)11-15)13-18(23)21-17-7-5-14(6-8-17)9-10-20/h2-8,11H,9,12-13H2,1H3,(H,21,23). The first-order chi connectivity index (χ1) is 11.1. The van der Waals surface area contributed by atoms with Crippen molar-refractivity contribution in [3.8, 4) is 6.07 Å². The van der Waals surface area contributed by atoms with E-state index in [1.807, 2.05) is 60.5 Å². The zero-order valence-corrected chi connectivity index (χ0v) is 13.7. The van der Waals surface area contributed by atoms with E-state index in [1.54, 1.807) is 0 Å². The van der Waals surface area contributed by atoms with E-state index in [0.29, 0.717) is 18.0 Å². The molecule has 23 heavy (non-hydrogen) atoms. The second-order valence-corrected chi connectivity index (χ2v) is 5.82. The quantitative estimate of drug-likeness (QED) is 0.883. The van der Waals surface area contributed by atoms with Crippen LogP contribution in [-0.4, -0.2) is 24.4 Å². The van der Waals surface area contributed by atoms with Gasteiger partial charge in [0.05, 0.1) is 19.0 Å². The van der Waals surface area contributed by atoms with Crippen LogP contribution in [0.5, 0.6) is 0 Å². The van der Waals surface area contributed by atoms with E-state index in [9.17, 15) is 4.79 Å². The number of halogens is 1. The summed E-state index contributed by atoms with van der Waals surface area (Å²) in [6.07, 6.45) is 0.372. The van der Waals surface area contributed by atoms with Gasteiger partial charge in [-0.25, -0.2) is 0 Å². The van der Waals surface area contributed by atoms with Crippen LogP contribution in [0.25, 0.3) is 0 Å². The average molecular weight is 328 g/mol. The number of likely N-dealkylation sites (N-methyl/N-ethyl adjacent to an activating group) is 1. The van der Waals surface area contributed by atoms with Crippen LogP contribution in [0.4, 0.5) is 5.69 Å². The normalized spacial score (nSPS) is 10.3. The summed E-state index contributed by atoms with van der Waals surface area (Å²) in [6, 6.07) is 17.0. The second kappa shape index (κ2) is 8.33. The molecule has 0 saturated carbocycles. The lowest BCUT2D eigenvalue weighted by atomic mass is 10.1. The Bertz CT molecular complexity index is 707. The van der Waals surface area contributed by atoms with Crippen LogP contribution in [0.3, 0.4) is 0 Å². The van der Waals surface area contributed by atoms with Crippen LogP contribution in [0.15, 0.2) is 48.5 Å². The maximum atomic E-state index is 12.1. The highest BCUT2D eigenvalue weighted by Gasteiger charge is 2.08. The summed E-state index contributed by atoms with van der Waals surface area (Å²) in [6.45, 7) is 0.932. The lowest BCUT2D eigenvalue weighted by Gasteiger charge is -2.16. The molecule has 2 aromatic carbocycles. The van der Waals surface area contributed by atoms with Gasteiger partial charge in [-0.2, -0.15) is 5.26 Å². The number of nitrogens with one attached hydrogen (secondary N) is 1. The van der Waals surface area contributed by atoms with Crippen LogP contribution in [0.1, 0.15) is 11.1 Å². The SMILES string of the molecule is CN(CC(=O)Nc1ccc(CC#N)cc1)Cc1cccc(Cl)c1. The van der Waals surface area contributed by atoms with E-state index >= 15 is 0 Å². The Labute approximate surface area is 141 Å². The number of nitriles is 1. The Morgan fingerprint density at radius 3 is 2.61 bits per heavy atom. The van der Waals surface area contributed by atoms with Crippen molar-refractivity contribution in [3.63, 3.8) is 0 Å². The molecule has 4 nitrogen and oxygen atoms in total. The summed E-state index contributed by atoms with van der Waals surface area (Å²) in [7, 11) is 1.89. The first kappa shape index (κ1) is 17.0. The number of carbonyl (C=O) groups excluding carboxylic acids is 1. The Morgan fingerprint density at radius 1 is 1.22 bits per heavy atom. The lowest BCUT2D eigenvalue weighted by Crippen LogP contribution is -2.29. The highest BCUT2D eigenvalue weighted by atomic mass is 35.5. The van der Waals surface area contributed by atoms with Gasteiger partial charge in [-0.1, -0.05) is 35.9 Å². The molecule has 0 aliphatic heterocycles. The van der Waals surface area contributed by atoms with Crippen molar-refractivity contribution in [2.24, 2.45) is 0 Å². The Balaban J connectivity index is 1.85. The third-order valence-electron chi connectivity index (χ3n) is 3.28. The topological polar surface area (TPSA) is 56.1 Å². The fraction of sp³-hybridized carbons (Fsp3) is 0.222.